The molecule has 6 nitrogen and oxygen atoms in total. The van der Waals surface area contributed by atoms with Gasteiger partial charge in [-0.25, -0.2) is 13.1 Å². The van der Waals surface area contributed by atoms with E-state index >= 15 is 0 Å². The zero-order valence-electron chi connectivity index (χ0n) is 9.24. The number of sulfonamides is 1. The summed E-state index contributed by atoms with van der Waals surface area (Å²) in [5, 5.41) is 2.71. The minimum absolute atomic E-state index is 0.00710. The molecule has 4 N–H and O–H groups in total. The Morgan fingerprint density at radius 2 is 2.19 bits per heavy atom. The van der Waals surface area contributed by atoms with Crippen LogP contribution in [0.3, 0.4) is 0 Å². The standard InChI is InChI=1S/C9H19N3O3S/c10-5-1-2-6-16(14,15)11-7-8-3-4-9(13)12-8/h8,11H,1-7,10H2,(H,12,13). The quantitative estimate of drug-likeness (QED) is 0.500. The summed E-state index contributed by atoms with van der Waals surface area (Å²) in [4.78, 5) is 10.9. The van der Waals surface area contributed by atoms with Crippen LogP contribution in [0.2, 0.25) is 0 Å². The van der Waals surface area contributed by atoms with E-state index < -0.39 is 10.0 Å². The molecule has 1 aliphatic rings. The molecule has 0 radical (unpaired) electrons. The molecule has 0 spiro atoms. The Hall–Kier alpha value is -0.660. The van der Waals surface area contributed by atoms with Gasteiger partial charge in [-0.2, -0.15) is 0 Å². The van der Waals surface area contributed by atoms with E-state index in [0.29, 0.717) is 32.2 Å². The van der Waals surface area contributed by atoms with Gasteiger partial charge in [0.2, 0.25) is 15.9 Å². The Morgan fingerprint density at radius 1 is 1.44 bits per heavy atom. The van der Waals surface area contributed by atoms with Gasteiger partial charge in [0, 0.05) is 19.0 Å². The highest BCUT2D eigenvalue weighted by atomic mass is 32.2. The van der Waals surface area contributed by atoms with Crippen LogP contribution >= 0.6 is 0 Å². The fraction of sp³-hybridized carbons (Fsp3) is 0.889. The predicted octanol–water partition coefficient (Wildman–Crippen LogP) is -1.08. The number of carbonyl (C=O) groups excluding carboxylic acids is 1. The number of rotatable bonds is 7. The van der Waals surface area contributed by atoms with Crippen molar-refractivity contribution >= 4 is 15.9 Å². The van der Waals surface area contributed by atoms with Gasteiger partial charge in [-0.15, -0.1) is 0 Å². The van der Waals surface area contributed by atoms with Gasteiger partial charge in [-0.05, 0) is 25.8 Å². The number of nitrogens with one attached hydrogen (secondary N) is 2. The lowest BCUT2D eigenvalue weighted by Crippen LogP contribution is -2.39. The monoisotopic (exact) mass is 249 g/mol. The summed E-state index contributed by atoms with van der Waals surface area (Å²) in [6.45, 7) is 0.797. The lowest BCUT2D eigenvalue weighted by molar-refractivity contribution is -0.119. The second-order valence-electron chi connectivity index (χ2n) is 3.97. The highest BCUT2D eigenvalue weighted by Gasteiger charge is 2.22. The molecule has 0 aromatic heterocycles. The second kappa shape index (κ2) is 6.17. The lowest BCUT2D eigenvalue weighted by Gasteiger charge is -2.11. The van der Waals surface area contributed by atoms with E-state index in [2.05, 4.69) is 10.0 Å². The normalized spacial score (nSPS) is 21.1. The molecule has 7 heteroatoms. The topological polar surface area (TPSA) is 101 Å². The average Bonchev–Trinajstić information content (AvgIpc) is 2.62. The van der Waals surface area contributed by atoms with E-state index in [1.807, 2.05) is 0 Å². The van der Waals surface area contributed by atoms with Crippen molar-refractivity contribution in [3.8, 4) is 0 Å². The van der Waals surface area contributed by atoms with Crippen molar-refractivity contribution in [2.24, 2.45) is 5.73 Å². The largest absolute Gasteiger partial charge is 0.352 e. The molecule has 1 fully saturated rings. The van der Waals surface area contributed by atoms with E-state index in [0.717, 1.165) is 0 Å². The molecule has 0 aliphatic carbocycles. The van der Waals surface area contributed by atoms with Crippen LogP contribution in [-0.4, -0.2) is 39.2 Å². The van der Waals surface area contributed by atoms with E-state index in [1.54, 1.807) is 0 Å². The van der Waals surface area contributed by atoms with Crippen molar-refractivity contribution in [2.75, 3.05) is 18.8 Å². The highest BCUT2D eigenvalue weighted by Crippen LogP contribution is 2.05. The van der Waals surface area contributed by atoms with Crippen molar-refractivity contribution < 1.29 is 13.2 Å². The molecular weight excluding hydrogens is 230 g/mol. The van der Waals surface area contributed by atoms with Gasteiger partial charge in [0.25, 0.3) is 0 Å². The molecule has 1 saturated heterocycles. The molecule has 1 heterocycles. The smallest absolute Gasteiger partial charge is 0.220 e. The van der Waals surface area contributed by atoms with Crippen molar-refractivity contribution in [1.29, 1.82) is 0 Å². The lowest BCUT2D eigenvalue weighted by atomic mass is 10.2. The summed E-state index contributed by atoms with van der Waals surface area (Å²) < 4.78 is 25.5. The zero-order valence-corrected chi connectivity index (χ0v) is 10.1. The van der Waals surface area contributed by atoms with Crippen LogP contribution in [0.25, 0.3) is 0 Å². The maximum Gasteiger partial charge on any atom is 0.220 e. The number of hydrogen-bond acceptors (Lipinski definition) is 4. The van der Waals surface area contributed by atoms with Crippen LogP contribution in [0.5, 0.6) is 0 Å². The fourth-order valence-electron chi connectivity index (χ4n) is 1.57. The Balaban J connectivity index is 2.22. The number of hydrogen-bond donors (Lipinski definition) is 3. The van der Waals surface area contributed by atoms with Gasteiger partial charge in [0.15, 0.2) is 0 Å². The van der Waals surface area contributed by atoms with Gasteiger partial charge in [0.05, 0.1) is 5.75 Å². The van der Waals surface area contributed by atoms with Crippen LogP contribution in [0.4, 0.5) is 0 Å². The maximum absolute atomic E-state index is 11.5. The molecule has 0 bridgehead atoms. The van der Waals surface area contributed by atoms with Crippen molar-refractivity contribution in [3.63, 3.8) is 0 Å². The summed E-state index contributed by atoms with van der Waals surface area (Å²) in [5.41, 5.74) is 5.28. The van der Waals surface area contributed by atoms with Crippen LogP contribution in [0.1, 0.15) is 25.7 Å². The van der Waals surface area contributed by atoms with Crippen molar-refractivity contribution in [1.82, 2.24) is 10.0 Å². The zero-order chi connectivity index (χ0) is 12.0. The van der Waals surface area contributed by atoms with Crippen molar-refractivity contribution in [3.05, 3.63) is 0 Å². The molecule has 1 amide bonds. The molecule has 0 aromatic carbocycles. The Labute approximate surface area is 96.0 Å². The summed E-state index contributed by atoms with van der Waals surface area (Å²) in [6, 6.07) is -0.0585. The highest BCUT2D eigenvalue weighted by molar-refractivity contribution is 7.89. The molecular formula is C9H19N3O3S. The third-order valence-corrected chi connectivity index (χ3v) is 3.93. The molecule has 0 saturated carbocycles. The number of unbranched alkanes of at least 4 members (excludes halogenated alkanes) is 1. The fourth-order valence-corrected chi connectivity index (χ4v) is 2.75. The maximum atomic E-state index is 11.5. The van der Waals surface area contributed by atoms with Crippen LogP contribution in [0, 0.1) is 0 Å². The van der Waals surface area contributed by atoms with Crippen LogP contribution in [-0.2, 0) is 14.8 Å². The Bertz CT molecular complexity index is 329. The summed E-state index contributed by atoms with van der Waals surface area (Å²) >= 11 is 0. The van der Waals surface area contributed by atoms with Gasteiger partial charge in [-0.1, -0.05) is 0 Å². The Kier molecular flexibility index (Phi) is 5.17. The first-order chi connectivity index (χ1) is 7.53. The molecule has 1 unspecified atom stereocenters. The number of nitrogens with two attached hydrogens (primary N) is 1. The van der Waals surface area contributed by atoms with E-state index in [1.165, 1.54) is 0 Å². The second-order valence-corrected chi connectivity index (χ2v) is 5.89. The molecule has 1 rings (SSSR count). The van der Waals surface area contributed by atoms with Gasteiger partial charge < -0.3 is 11.1 Å². The third kappa shape index (κ3) is 4.91. The summed E-state index contributed by atoms with van der Waals surface area (Å²) in [6.07, 6.45) is 2.47. The van der Waals surface area contributed by atoms with E-state index in [-0.39, 0.29) is 24.2 Å². The summed E-state index contributed by atoms with van der Waals surface area (Å²) in [5.74, 6) is 0.0949. The minimum atomic E-state index is -3.22. The molecule has 94 valence electrons. The van der Waals surface area contributed by atoms with Crippen LogP contribution in [0.15, 0.2) is 0 Å². The minimum Gasteiger partial charge on any atom is -0.352 e. The van der Waals surface area contributed by atoms with Crippen LogP contribution < -0.4 is 15.8 Å². The molecule has 16 heavy (non-hydrogen) atoms. The number of carbonyl (C=O) groups is 1. The third-order valence-electron chi connectivity index (χ3n) is 2.50. The van der Waals surface area contributed by atoms with Gasteiger partial charge in [0.1, 0.15) is 0 Å². The average molecular weight is 249 g/mol. The number of amides is 1. The first-order valence-corrected chi connectivity index (χ1v) is 7.15. The van der Waals surface area contributed by atoms with Gasteiger partial charge >= 0.3 is 0 Å². The van der Waals surface area contributed by atoms with Crippen molar-refractivity contribution in [2.45, 2.75) is 31.7 Å². The Morgan fingerprint density at radius 3 is 2.75 bits per heavy atom. The first kappa shape index (κ1) is 13.4. The summed E-state index contributed by atoms with van der Waals surface area (Å²) in [7, 11) is -3.22. The van der Waals surface area contributed by atoms with Gasteiger partial charge in [-0.3, -0.25) is 4.79 Å². The van der Waals surface area contributed by atoms with E-state index in [9.17, 15) is 13.2 Å². The molecule has 1 aliphatic heterocycles. The SMILES string of the molecule is NCCCCS(=O)(=O)NCC1CCC(=O)N1. The first-order valence-electron chi connectivity index (χ1n) is 5.50. The predicted molar refractivity (Wildman–Crippen MR) is 61.2 cm³/mol. The molecule has 0 aromatic rings. The van der Waals surface area contributed by atoms with E-state index in [4.69, 9.17) is 5.73 Å². The molecule has 1 atom stereocenters.